The molecule has 0 bridgehead atoms. The van der Waals surface area contributed by atoms with E-state index in [1.807, 2.05) is 0 Å². The zero-order chi connectivity index (χ0) is 5.70. The summed E-state index contributed by atoms with van der Waals surface area (Å²) in [6.45, 7) is 1.65. The first-order valence-corrected chi connectivity index (χ1v) is 2.37. The van der Waals surface area contributed by atoms with Gasteiger partial charge in [0.1, 0.15) is 5.78 Å². The Morgan fingerprint density at radius 1 is 1.62 bits per heavy atom. The second-order valence-corrected chi connectivity index (χ2v) is 1.53. The van der Waals surface area contributed by atoms with Crippen LogP contribution < -0.4 is 0 Å². The van der Waals surface area contributed by atoms with Gasteiger partial charge in [-0.3, -0.25) is 0 Å². The smallest absolute Gasteiger partial charge is 0.129 e. The molecular weight excluding hydrogens is 108 g/mol. The summed E-state index contributed by atoms with van der Waals surface area (Å²) in [4.78, 5) is 10.1. The van der Waals surface area contributed by atoms with E-state index in [9.17, 15) is 4.79 Å². The molecular formula is C5H12O3. The van der Waals surface area contributed by atoms with E-state index in [4.69, 9.17) is 5.11 Å². The van der Waals surface area contributed by atoms with Crippen LogP contribution in [-0.4, -0.2) is 23.0 Å². The minimum absolute atomic E-state index is 0. The topological polar surface area (TPSA) is 68.8 Å². The fourth-order valence-electron chi connectivity index (χ4n) is 0.328. The Balaban J connectivity index is 0. The molecule has 0 atom stereocenters. The summed E-state index contributed by atoms with van der Waals surface area (Å²) in [7, 11) is 0. The number of carbonyl (C=O) groups excluding carboxylic acids is 1. The van der Waals surface area contributed by atoms with Crippen molar-refractivity contribution in [2.45, 2.75) is 19.8 Å². The third-order valence-electron chi connectivity index (χ3n) is 0.687. The molecule has 0 saturated heterocycles. The third-order valence-corrected chi connectivity index (χ3v) is 0.687. The zero-order valence-corrected chi connectivity index (χ0v) is 4.98. The molecule has 0 aromatic rings. The average molecular weight is 120 g/mol. The van der Waals surface area contributed by atoms with Gasteiger partial charge in [0.25, 0.3) is 0 Å². The molecule has 0 amide bonds. The van der Waals surface area contributed by atoms with Crippen molar-refractivity contribution in [2.24, 2.45) is 0 Å². The maximum Gasteiger partial charge on any atom is 0.129 e. The van der Waals surface area contributed by atoms with E-state index >= 15 is 0 Å². The fraction of sp³-hybridized carbons (Fsp3) is 0.800. The summed E-state index contributed by atoms with van der Waals surface area (Å²) in [5.41, 5.74) is 0. The summed E-state index contributed by atoms with van der Waals surface area (Å²) in [5.74, 6) is 0.147. The fourth-order valence-corrected chi connectivity index (χ4v) is 0.328. The van der Waals surface area contributed by atoms with Crippen molar-refractivity contribution < 1.29 is 15.4 Å². The van der Waals surface area contributed by atoms with Gasteiger partial charge in [-0.05, 0) is 13.3 Å². The highest BCUT2D eigenvalue weighted by Gasteiger charge is 1.88. The maximum absolute atomic E-state index is 10.1. The van der Waals surface area contributed by atoms with Crippen LogP contribution in [0.15, 0.2) is 0 Å². The Morgan fingerprint density at radius 2 is 2.12 bits per heavy atom. The van der Waals surface area contributed by atoms with Crippen LogP contribution in [0.5, 0.6) is 0 Å². The molecule has 3 heteroatoms. The molecule has 0 heterocycles. The van der Waals surface area contributed by atoms with Gasteiger partial charge in [0.15, 0.2) is 0 Å². The second kappa shape index (κ2) is 6.59. The number of hydrogen-bond donors (Lipinski definition) is 1. The van der Waals surface area contributed by atoms with Gasteiger partial charge in [0.05, 0.1) is 0 Å². The molecule has 3 nitrogen and oxygen atoms in total. The summed E-state index contributed by atoms with van der Waals surface area (Å²) < 4.78 is 0. The molecule has 0 rings (SSSR count). The molecule has 0 unspecified atom stereocenters. The predicted molar refractivity (Wildman–Crippen MR) is 30.6 cm³/mol. The molecule has 50 valence electrons. The Kier molecular flexibility index (Phi) is 8.69. The number of carbonyl (C=O) groups is 1. The number of Topliss-reactive ketones (excluding diaryl/α,β-unsaturated/α-hetero) is 1. The van der Waals surface area contributed by atoms with Crippen LogP contribution in [-0.2, 0) is 4.79 Å². The lowest BCUT2D eigenvalue weighted by Crippen LogP contribution is -1.91. The van der Waals surface area contributed by atoms with E-state index in [1.54, 1.807) is 0 Å². The van der Waals surface area contributed by atoms with E-state index < -0.39 is 0 Å². The van der Waals surface area contributed by atoms with E-state index in [2.05, 4.69) is 0 Å². The van der Waals surface area contributed by atoms with Gasteiger partial charge in [0.2, 0.25) is 0 Å². The molecule has 8 heavy (non-hydrogen) atoms. The van der Waals surface area contributed by atoms with Gasteiger partial charge in [-0.2, -0.15) is 0 Å². The van der Waals surface area contributed by atoms with Crippen molar-refractivity contribution in [2.75, 3.05) is 6.61 Å². The largest absolute Gasteiger partial charge is 0.412 e. The molecule has 0 spiro atoms. The van der Waals surface area contributed by atoms with Gasteiger partial charge in [0, 0.05) is 13.0 Å². The Labute approximate surface area is 48.6 Å². The number of aliphatic hydroxyl groups is 1. The number of hydrogen-bond acceptors (Lipinski definition) is 2. The first kappa shape index (κ1) is 10.5. The SMILES string of the molecule is CC(=O)CCCO.O. The third kappa shape index (κ3) is 9.14. The molecule has 0 aromatic heterocycles. The van der Waals surface area contributed by atoms with Crippen LogP contribution in [0.1, 0.15) is 19.8 Å². The van der Waals surface area contributed by atoms with E-state index in [1.165, 1.54) is 6.92 Å². The normalized spacial score (nSPS) is 7.75. The molecule has 0 aliphatic rings. The Hall–Kier alpha value is -0.410. The summed E-state index contributed by atoms with van der Waals surface area (Å²) >= 11 is 0. The van der Waals surface area contributed by atoms with Crippen LogP contribution in [0.2, 0.25) is 0 Å². The first-order chi connectivity index (χ1) is 3.27. The van der Waals surface area contributed by atoms with Crippen LogP contribution in [0.25, 0.3) is 0 Å². The van der Waals surface area contributed by atoms with Crippen LogP contribution in [0.3, 0.4) is 0 Å². The van der Waals surface area contributed by atoms with Crippen molar-refractivity contribution >= 4 is 5.78 Å². The quantitative estimate of drug-likeness (QED) is 0.546. The van der Waals surface area contributed by atoms with E-state index in [0.717, 1.165) is 0 Å². The predicted octanol–water partition coefficient (Wildman–Crippen LogP) is -0.477. The zero-order valence-electron chi connectivity index (χ0n) is 4.98. The lowest BCUT2D eigenvalue weighted by molar-refractivity contribution is -0.117. The Morgan fingerprint density at radius 3 is 2.25 bits per heavy atom. The van der Waals surface area contributed by atoms with Crippen molar-refractivity contribution in [1.82, 2.24) is 0 Å². The maximum atomic E-state index is 10.1. The van der Waals surface area contributed by atoms with Gasteiger partial charge in [-0.15, -0.1) is 0 Å². The standard InChI is InChI=1S/C5H10O2.H2O/c1-5(7)3-2-4-6;/h6H,2-4H2,1H3;1H2. The van der Waals surface area contributed by atoms with Gasteiger partial charge in [-0.25, -0.2) is 0 Å². The van der Waals surface area contributed by atoms with Gasteiger partial charge < -0.3 is 15.4 Å². The summed E-state index contributed by atoms with van der Waals surface area (Å²) in [6.07, 6.45) is 1.12. The molecule has 0 aliphatic heterocycles. The lowest BCUT2D eigenvalue weighted by atomic mass is 10.2. The number of aliphatic hydroxyl groups excluding tert-OH is 1. The minimum atomic E-state index is 0. The molecule has 0 radical (unpaired) electrons. The molecule has 3 N–H and O–H groups in total. The highest BCUT2D eigenvalue weighted by Crippen LogP contribution is 1.85. The number of rotatable bonds is 3. The molecule has 0 aromatic carbocycles. The van der Waals surface area contributed by atoms with E-state index in [0.29, 0.717) is 12.8 Å². The Bertz CT molecular complexity index is 60.7. The highest BCUT2D eigenvalue weighted by molar-refractivity contribution is 5.75. The van der Waals surface area contributed by atoms with Crippen LogP contribution in [0.4, 0.5) is 0 Å². The van der Waals surface area contributed by atoms with Crippen molar-refractivity contribution in [3.63, 3.8) is 0 Å². The van der Waals surface area contributed by atoms with E-state index in [-0.39, 0.29) is 17.9 Å². The van der Waals surface area contributed by atoms with Crippen molar-refractivity contribution in [1.29, 1.82) is 0 Å². The highest BCUT2D eigenvalue weighted by atomic mass is 16.3. The van der Waals surface area contributed by atoms with Crippen LogP contribution >= 0.6 is 0 Å². The molecule has 0 saturated carbocycles. The summed E-state index contributed by atoms with van der Waals surface area (Å²) in [5, 5.41) is 8.16. The monoisotopic (exact) mass is 120 g/mol. The first-order valence-electron chi connectivity index (χ1n) is 2.37. The van der Waals surface area contributed by atoms with Gasteiger partial charge >= 0.3 is 0 Å². The molecule has 0 aliphatic carbocycles. The average Bonchev–Trinajstić information content (AvgIpc) is 1.61. The van der Waals surface area contributed by atoms with Crippen molar-refractivity contribution in [3.8, 4) is 0 Å². The number of ketones is 1. The van der Waals surface area contributed by atoms with Crippen LogP contribution in [0, 0.1) is 0 Å². The molecule has 0 fully saturated rings. The van der Waals surface area contributed by atoms with Crippen molar-refractivity contribution in [3.05, 3.63) is 0 Å². The second-order valence-electron chi connectivity index (χ2n) is 1.53. The minimum Gasteiger partial charge on any atom is -0.412 e. The summed E-state index contributed by atoms with van der Waals surface area (Å²) in [6, 6.07) is 0. The lowest BCUT2D eigenvalue weighted by Gasteiger charge is -1.86. The van der Waals surface area contributed by atoms with Gasteiger partial charge in [-0.1, -0.05) is 0 Å².